The summed E-state index contributed by atoms with van der Waals surface area (Å²) in [5.74, 6) is 1.06. The maximum atomic E-state index is 13.9. The number of nitrogens with zero attached hydrogens (tertiary/aromatic N) is 2. The zero-order chi connectivity index (χ0) is 41.4. The molecule has 1 saturated carbocycles. The molecule has 3 saturated heterocycles. The van der Waals surface area contributed by atoms with Crippen molar-refractivity contribution in [1.82, 2.24) is 25.4 Å². The molecule has 5 aromatic rings. The molecule has 12 heteroatoms. The molecule has 3 atom stereocenters. The lowest BCUT2D eigenvalue weighted by Crippen LogP contribution is -2.52. The fourth-order valence-electron chi connectivity index (χ4n) is 9.14. The zero-order valence-corrected chi connectivity index (χ0v) is 33.9. The van der Waals surface area contributed by atoms with Crippen molar-refractivity contribution in [2.45, 2.75) is 75.8 Å². The number of ether oxygens (including phenoxy) is 2. The molecule has 4 heterocycles. The van der Waals surface area contributed by atoms with Gasteiger partial charge in [-0.25, -0.2) is 4.79 Å². The number of amides is 2. The van der Waals surface area contributed by atoms with E-state index in [4.69, 9.17) is 9.47 Å². The molecule has 12 nitrogen and oxygen atoms in total. The quantitative estimate of drug-likeness (QED) is 0.0675. The van der Waals surface area contributed by atoms with Crippen LogP contribution < -0.4 is 20.9 Å². The van der Waals surface area contributed by atoms with Gasteiger partial charge in [-0.05, 0) is 116 Å². The SMILES string of the molecule is O=C(NC(c1ccccc1)c1cccc(OCc2ccc(C(=O)N(CCCNCC(O)c3ccc(O)c4[nH]c(=O)ccc34)C3CCCC3)cc2)c1)OC1CN2CCC1CC2. The number of carbonyl (C=O) groups excluding carboxylic acids is 2. The summed E-state index contributed by atoms with van der Waals surface area (Å²) in [5, 5.41) is 28.2. The van der Waals surface area contributed by atoms with E-state index in [1.165, 1.54) is 12.1 Å². The number of H-pyrrole nitrogens is 1. The van der Waals surface area contributed by atoms with Gasteiger partial charge in [-0.1, -0.05) is 73.5 Å². The van der Waals surface area contributed by atoms with Gasteiger partial charge in [0.25, 0.3) is 5.91 Å². The average Bonchev–Trinajstić information content (AvgIpc) is 3.82. The Balaban J connectivity index is 0.853. The largest absolute Gasteiger partial charge is 0.506 e. The summed E-state index contributed by atoms with van der Waals surface area (Å²) in [5.41, 5.74) is 3.98. The lowest BCUT2D eigenvalue weighted by atomic mass is 9.86. The molecule has 2 amide bonds. The number of alkyl carbamates (subject to hydrolysis) is 1. The normalized spacial score (nSPS) is 19.8. The number of aliphatic hydroxyl groups is 1. The number of aromatic hydroxyl groups is 1. The molecule has 0 radical (unpaired) electrons. The van der Waals surface area contributed by atoms with Crippen LogP contribution >= 0.6 is 0 Å². The van der Waals surface area contributed by atoms with Crippen molar-refractivity contribution in [3.8, 4) is 11.5 Å². The van der Waals surface area contributed by atoms with Gasteiger partial charge < -0.3 is 40.2 Å². The Bertz CT molecular complexity index is 2290. The smallest absolute Gasteiger partial charge is 0.408 e. The van der Waals surface area contributed by atoms with Gasteiger partial charge in [-0.2, -0.15) is 0 Å². The van der Waals surface area contributed by atoms with Crippen LogP contribution in [0.15, 0.2) is 108 Å². The van der Waals surface area contributed by atoms with Gasteiger partial charge >= 0.3 is 6.09 Å². The van der Waals surface area contributed by atoms with Gasteiger partial charge in [0.2, 0.25) is 5.56 Å². The molecule has 4 fully saturated rings. The number of nitrogens with one attached hydrogen (secondary N) is 3. The van der Waals surface area contributed by atoms with E-state index < -0.39 is 18.2 Å². The number of hydrogen-bond donors (Lipinski definition) is 5. The Morgan fingerprint density at radius 3 is 2.40 bits per heavy atom. The molecule has 60 heavy (non-hydrogen) atoms. The Morgan fingerprint density at radius 1 is 0.883 bits per heavy atom. The van der Waals surface area contributed by atoms with Crippen LogP contribution in [0, 0.1) is 5.92 Å². The standard InChI is InChI=1S/C48H55N5O7/c54-41-20-18-39(40-19-21-44(56)50-46(40)41)42(55)29-49-24-7-25-53(37-11-4-5-12-37)47(57)35-16-14-32(15-17-35)31-59-38-13-6-10-36(28-38)45(34-8-2-1-3-9-34)51-48(58)60-43-30-52-26-22-33(43)23-27-52/h1-3,6,8-10,13-21,28,33,37,42-43,45,49,54-55H,4-5,7,11-12,22-27,29-31H2,(H,50,56)(H,51,58). The third-order valence-corrected chi connectivity index (χ3v) is 12.4. The van der Waals surface area contributed by atoms with Crippen molar-refractivity contribution in [3.63, 3.8) is 0 Å². The van der Waals surface area contributed by atoms with Crippen LogP contribution in [0.25, 0.3) is 10.9 Å². The minimum absolute atomic E-state index is 0.0122. The maximum absolute atomic E-state index is 13.9. The number of rotatable bonds is 16. The first-order valence-corrected chi connectivity index (χ1v) is 21.4. The van der Waals surface area contributed by atoms with E-state index in [-0.39, 0.29) is 35.9 Å². The number of carbonyl (C=O) groups is 2. The molecule has 0 spiro atoms. The van der Waals surface area contributed by atoms with Gasteiger partial charge in [-0.3, -0.25) is 14.5 Å². The second kappa shape index (κ2) is 19.1. The summed E-state index contributed by atoms with van der Waals surface area (Å²) in [6, 6.07) is 31.2. The van der Waals surface area contributed by atoms with Gasteiger partial charge in [0.1, 0.15) is 24.2 Å². The van der Waals surface area contributed by atoms with Crippen LogP contribution in [0.1, 0.15) is 89.7 Å². The van der Waals surface area contributed by atoms with E-state index >= 15 is 0 Å². The maximum Gasteiger partial charge on any atom is 0.408 e. The summed E-state index contributed by atoms with van der Waals surface area (Å²) >= 11 is 0. The summed E-state index contributed by atoms with van der Waals surface area (Å²) in [4.78, 5) is 46.0. The third kappa shape index (κ3) is 9.84. The molecular formula is C48H55N5O7. The third-order valence-electron chi connectivity index (χ3n) is 12.4. The highest BCUT2D eigenvalue weighted by Crippen LogP contribution is 2.32. The number of pyridine rings is 1. The summed E-state index contributed by atoms with van der Waals surface area (Å²) < 4.78 is 12.3. The van der Waals surface area contributed by atoms with Crippen LogP contribution in [-0.4, -0.2) is 88.4 Å². The Morgan fingerprint density at radius 2 is 1.65 bits per heavy atom. The number of phenols is 1. The van der Waals surface area contributed by atoms with Crippen LogP contribution in [0.4, 0.5) is 4.79 Å². The van der Waals surface area contributed by atoms with Gasteiger partial charge in [0.15, 0.2) is 0 Å². The molecule has 314 valence electrons. The minimum atomic E-state index is -0.850. The van der Waals surface area contributed by atoms with Crippen LogP contribution in [0.5, 0.6) is 11.5 Å². The van der Waals surface area contributed by atoms with Gasteiger partial charge in [0.05, 0.1) is 17.7 Å². The molecule has 5 N–H and O–H groups in total. The molecule has 4 aromatic carbocycles. The zero-order valence-electron chi connectivity index (χ0n) is 33.9. The number of fused-ring (bicyclic) bond motifs is 4. The van der Waals surface area contributed by atoms with Gasteiger partial charge in [-0.15, -0.1) is 0 Å². The molecule has 1 aromatic heterocycles. The number of piperidine rings is 3. The molecule has 3 aliphatic heterocycles. The number of benzene rings is 4. The number of aromatic nitrogens is 1. The molecule has 9 rings (SSSR count). The lowest BCUT2D eigenvalue weighted by Gasteiger charge is -2.43. The van der Waals surface area contributed by atoms with Crippen molar-refractivity contribution >= 4 is 22.9 Å². The Kier molecular flexibility index (Phi) is 13.1. The first-order chi connectivity index (χ1) is 29.3. The van der Waals surface area contributed by atoms with Crippen molar-refractivity contribution in [2.24, 2.45) is 5.92 Å². The second-order valence-corrected chi connectivity index (χ2v) is 16.4. The molecule has 1 aliphatic carbocycles. The van der Waals surface area contributed by atoms with Crippen molar-refractivity contribution in [1.29, 1.82) is 0 Å². The average molecular weight is 814 g/mol. The van der Waals surface area contributed by atoms with Crippen LogP contribution in [0.3, 0.4) is 0 Å². The fraction of sp³-hybridized carbons (Fsp3) is 0.396. The minimum Gasteiger partial charge on any atom is -0.506 e. The number of aromatic amines is 1. The lowest BCUT2D eigenvalue weighted by molar-refractivity contribution is -0.0336. The van der Waals surface area contributed by atoms with E-state index in [1.54, 1.807) is 12.1 Å². The monoisotopic (exact) mass is 813 g/mol. The summed E-state index contributed by atoms with van der Waals surface area (Å²) in [6.45, 7) is 4.74. The van der Waals surface area contributed by atoms with E-state index in [0.29, 0.717) is 59.8 Å². The topological polar surface area (TPSA) is 156 Å². The van der Waals surface area contributed by atoms with Crippen LogP contribution in [0.2, 0.25) is 0 Å². The van der Waals surface area contributed by atoms with Crippen molar-refractivity contribution in [3.05, 3.63) is 141 Å². The van der Waals surface area contributed by atoms with Gasteiger partial charge in [0, 0.05) is 42.7 Å². The molecule has 2 bridgehead atoms. The summed E-state index contributed by atoms with van der Waals surface area (Å²) in [7, 11) is 0. The van der Waals surface area contributed by atoms with E-state index in [9.17, 15) is 24.6 Å². The first kappa shape index (κ1) is 41.1. The predicted molar refractivity (Wildman–Crippen MR) is 230 cm³/mol. The van der Waals surface area contributed by atoms with Crippen LogP contribution in [-0.2, 0) is 11.3 Å². The van der Waals surface area contributed by atoms with Crippen molar-refractivity contribution < 1.29 is 29.3 Å². The number of aliphatic hydroxyl groups excluding tert-OH is 1. The number of phenolic OH excluding ortho intramolecular Hbond substituents is 1. The molecular weight excluding hydrogens is 759 g/mol. The number of hydrogen-bond acceptors (Lipinski definition) is 9. The Labute approximate surface area is 350 Å². The van der Waals surface area contributed by atoms with Crippen molar-refractivity contribution in [2.75, 3.05) is 39.3 Å². The van der Waals surface area contributed by atoms with E-state index in [1.807, 2.05) is 83.8 Å². The molecule has 3 unspecified atom stereocenters. The summed E-state index contributed by atoms with van der Waals surface area (Å²) in [6.07, 6.45) is 5.69. The van der Waals surface area contributed by atoms with E-state index in [2.05, 4.69) is 20.5 Å². The Hall–Kier alpha value is -5.69. The first-order valence-electron chi connectivity index (χ1n) is 21.4. The highest BCUT2D eigenvalue weighted by Gasteiger charge is 2.37. The predicted octanol–water partition coefficient (Wildman–Crippen LogP) is 6.82. The molecule has 4 aliphatic rings. The highest BCUT2D eigenvalue weighted by molar-refractivity contribution is 5.94. The highest BCUT2D eigenvalue weighted by atomic mass is 16.6. The second-order valence-electron chi connectivity index (χ2n) is 16.4. The van der Waals surface area contributed by atoms with E-state index in [0.717, 1.165) is 74.8 Å². The fourth-order valence-corrected chi connectivity index (χ4v) is 9.14.